The van der Waals surface area contributed by atoms with E-state index in [0.717, 1.165) is 10.9 Å². The minimum Gasteiger partial charge on any atom is -0.480 e. The van der Waals surface area contributed by atoms with Crippen LogP contribution in [0.5, 0.6) is 0 Å². The molecule has 312 valence electrons. The molecule has 1 aromatic heterocycles. The van der Waals surface area contributed by atoms with Crippen LogP contribution in [0.4, 0.5) is 0 Å². The Morgan fingerprint density at radius 3 is 1.75 bits per heavy atom. The van der Waals surface area contributed by atoms with Gasteiger partial charge < -0.3 is 63.7 Å². The Morgan fingerprint density at radius 2 is 1.20 bits per heavy atom. The van der Waals surface area contributed by atoms with Gasteiger partial charge in [-0.15, -0.1) is 0 Å². The van der Waals surface area contributed by atoms with Crippen molar-refractivity contribution >= 4 is 52.3 Å². The number of aromatic nitrogens is 1. The summed E-state index contributed by atoms with van der Waals surface area (Å²) in [7, 11) is 0. The zero-order chi connectivity index (χ0) is 42.3. The zero-order valence-electron chi connectivity index (χ0n) is 32.8. The number of carbonyl (C=O) groups is 7. The van der Waals surface area contributed by atoms with Crippen LogP contribution in [-0.2, 0) is 40.0 Å². The predicted molar refractivity (Wildman–Crippen MR) is 206 cm³/mol. The highest BCUT2D eigenvalue weighted by Crippen LogP contribution is 2.20. The third-order valence-electron chi connectivity index (χ3n) is 9.08. The van der Waals surface area contributed by atoms with Gasteiger partial charge in [0.05, 0.1) is 18.8 Å². The molecule has 0 spiro atoms. The van der Waals surface area contributed by atoms with Crippen LogP contribution >= 0.6 is 0 Å². The summed E-state index contributed by atoms with van der Waals surface area (Å²) in [5.74, 6) is -7.37. The number of aliphatic hydroxyl groups excluding tert-OH is 2. The molecule has 1 aromatic carbocycles. The summed E-state index contributed by atoms with van der Waals surface area (Å²) in [5, 5.41) is 45.8. The number of amides is 6. The SMILES string of the molecule is CC(C)[C@H](NC(=O)[C@H](Cc1c[nH]c2ccccc12)NC(=O)[C@@H](NC(=O)[C@@H](NC(=O)[C@H](CCCCN)NC(=O)[C@H](CO)NC(=O)[C@H](C)N)C(C)C)[C@@H](C)O)C(=O)O. The van der Waals surface area contributed by atoms with Crippen molar-refractivity contribution in [2.45, 2.75) is 116 Å². The molecule has 1 heterocycles. The second-order valence-electron chi connectivity index (χ2n) is 14.5. The second-order valence-corrected chi connectivity index (χ2v) is 14.5. The van der Waals surface area contributed by atoms with E-state index in [1.165, 1.54) is 13.8 Å². The standard InChI is InChI=1S/C37H59N9O10/c1-18(2)28(44-32(50)25(13-9-10-14-38)41-34(52)27(17-47)43-31(49)20(5)39)35(53)46-30(21(6)48)36(54)42-26(33(51)45-29(19(3)4)37(55)56)15-22-16-40-24-12-8-7-11-23(22)24/h7-8,11-12,16,18-21,25-30,40,47-48H,9-10,13-15,17,38-39H2,1-6H3,(H,41,52)(H,42,54)(H,43,49)(H,44,50)(H,45,51)(H,46,53)(H,55,56)/t20-,21+,25-,26-,27-,28-,29-,30-/m0/s1. The molecule has 6 amide bonds. The number of rotatable bonds is 23. The molecular formula is C37H59N9O10. The number of para-hydroxylation sites is 1. The molecule has 2 rings (SSSR count). The largest absolute Gasteiger partial charge is 0.480 e. The number of carbonyl (C=O) groups excluding carboxylic acids is 6. The van der Waals surface area contributed by atoms with Gasteiger partial charge in [-0.1, -0.05) is 45.9 Å². The lowest BCUT2D eigenvalue weighted by atomic mass is 9.99. The van der Waals surface area contributed by atoms with Crippen molar-refractivity contribution in [2.75, 3.05) is 13.2 Å². The van der Waals surface area contributed by atoms with Gasteiger partial charge in [0.25, 0.3) is 0 Å². The Kier molecular flexibility index (Phi) is 18.9. The summed E-state index contributed by atoms with van der Waals surface area (Å²) in [5.41, 5.74) is 12.6. The molecule has 0 saturated heterocycles. The van der Waals surface area contributed by atoms with Crippen LogP contribution in [0, 0.1) is 11.8 Å². The molecule has 0 bridgehead atoms. The first-order chi connectivity index (χ1) is 26.3. The number of nitrogens with one attached hydrogen (secondary N) is 7. The minimum absolute atomic E-state index is 0.0821. The first-order valence-corrected chi connectivity index (χ1v) is 18.7. The van der Waals surface area contributed by atoms with Gasteiger partial charge in [-0.3, -0.25) is 28.8 Å². The molecule has 56 heavy (non-hydrogen) atoms. The van der Waals surface area contributed by atoms with Gasteiger partial charge in [-0.2, -0.15) is 0 Å². The molecular weight excluding hydrogens is 730 g/mol. The van der Waals surface area contributed by atoms with Gasteiger partial charge in [0, 0.05) is 23.5 Å². The molecule has 19 nitrogen and oxygen atoms in total. The van der Waals surface area contributed by atoms with Crippen molar-refractivity contribution in [3.05, 3.63) is 36.0 Å². The van der Waals surface area contributed by atoms with E-state index in [1.54, 1.807) is 40.0 Å². The highest BCUT2D eigenvalue weighted by molar-refractivity contribution is 5.97. The second kappa shape index (κ2) is 22.4. The number of carboxylic acid groups (broad SMARTS) is 1. The van der Waals surface area contributed by atoms with E-state index in [0.29, 0.717) is 24.9 Å². The van der Waals surface area contributed by atoms with Crippen LogP contribution < -0.4 is 43.4 Å². The Balaban J connectivity index is 2.33. The first-order valence-electron chi connectivity index (χ1n) is 18.7. The van der Waals surface area contributed by atoms with Gasteiger partial charge in [0.2, 0.25) is 35.4 Å². The Hall–Kier alpha value is -5.11. The summed E-state index contributed by atoms with van der Waals surface area (Å²) in [6.07, 6.45) is 1.04. The van der Waals surface area contributed by atoms with E-state index in [-0.39, 0.29) is 12.8 Å². The van der Waals surface area contributed by atoms with Crippen molar-refractivity contribution in [1.29, 1.82) is 0 Å². The number of nitrogens with two attached hydrogens (primary N) is 2. The molecule has 0 saturated carbocycles. The van der Waals surface area contributed by atoms with Gasteiger partial charge in [0.15, 0.2) is 0 Å². The van der Waals surface area contributed by atoms with Crippen LogP contribution in [0.1, 0.15) is 66.4 Å². The Bertz CT molecular complexity index is 1660. The molecule has 0 radical (unpaired) electrons. The van der Waals surface area contributed by atoms with E-state index in [2.05, 4.69) is 36.9 Å². The number of carboxylic acids is 1. The molecule has 0 unspecified atom stereocenters. The van der Waals surface area contributed by atoms with Gasteiger partial charge in [-0.05, 0) is 63.1 Å². The van der Waals surface area contributed by atoms with E-state index >= 15 is 0 Å². The van der Waals surface area contributed by atoms with Crippen molar-refractivity contribution in [3.8, 4) is 0 Å². The van der Waals surface area contributed by atoms with Crippen molar-refractivity contribution < 1.29 is 48.9 Å². The fourth-order valence-corrected chi connectivity index (χ4v) is 5.73. The maximum atomic E-state index is 13.8. The molecule has 8 atom stereocenters. The number of unbranched alkanes of at least 4 members (excludes halogenated alkanes) is 1. The topological polar surface area (TPSA) is 320 Å². The number of hydrogen-bond acceptors (Lipinski definition) is 11. The van der Waals surface area contributed by atoms with Crippen LogP contribution in [-0.4, -0.2) is 123 Å². The lowest BCUT2D eigenvalue weighted by Crippen LogP contribution is -2.62. The zero-order valence-corrected chi connectivity index (χ0v) is 32.8. The average molecular weight is 790 g/mol. The van der Waals surface area contributed by atoms with E-state index < -0.39 is 108 Å². The van der Waals surface area contributed by atoms with Gasteiger partial charge in [0.1, 0.15) is 36.3 Å². The lowest BCUT2D eigenvalue weighted by Gasteiger charge is -2.29. The predicted octanol–water partition coefficient (Wildman–Crippen LogP) is -2.13. The van der Waals surface area contributed by atoms with Crippen LogP contribution in [0.3, 0.4) is 0 Å². The van der Waals surface area contributed by atoms with Crippen LogP contribution in [0.2, 0.25) is 0 Å². The summed E-state index contributed by atoms with van der Waals surface area (Å²) in [4.78, 5) is 94.8. The molecule has 0 aliphatic rings. The molecule has 2 aromatic rings. The van der Waals surface area contributed by atoms with Gasteiger partial charge in [-0.25, -0.2) is 4.79 Å². The minimum atomic E-state index is -1.64. The molecule has 19 heteroatoms. The monoisotopic (exact) mass is 789 g/mol. The number of benzene rings is 1. The number of aromatic amines is 1. The number of hydrogen-bond donors (Lipinski definition) is 12. The highest BCUT2D eigenvalue weighted by Gasteiger charge is 2.36. The Labute approximate surface area is 325 Å². The first kappa shape index (κ1) is 47.0. The van der Waals surface area contributed by atoms with E-state index in [1.807, 2.05) is 18.2 Å². The van der Waals surface area contributed by atoms with Crippen molar-refractivity contribution in [1.82, 2.24) is 36.9 Å². The fraction of sp³-hybridized carbons (Fsp3) is 0.595. The normalized spacial score (nSPS) is 15.7. The molecule has 0 aliphatic heterocycles. The lowest BCUT2D eigenvalue weighted by molar-refractivity contribution is -0.143. The number of aliphatic carboxylic acids is 1. The van der Waals surface area contributed by atoms with Crippen LogP contribution in [0.15, 0.2) is 30.5 Å². The third-order valence-corrected chi connectivity index (χ3v) is 9.08. The highest BCUT2D eigenvalue weighted by atomic mass is 16.4. The number of H-pyrrole nitrogens is 1. The summed E-state index contributed by atoms with van der Waals surface area (Å²) >= 11 is 0. The smallest absolute Gasteiger partial charge is 0.326 e. The summed E-state index contributed by atoms with van der Waals surface area (Å²) in [6.45, 7) is 8.60. The van der Waals surface area contributed by atoms with Gasteiger partial charge >= 0.3 is 5.97 Å². The molecule has 14 N–H and O–H groups in total. The molecule has 0 fully saturated rings. The average Bonchev–Trinajstić information content (AvgIpc) is 3.54. The van der Waals surface area contributed by atoms with Crippen molar-refractivity contribution in [3.63, 3.8) is 0 Å². The maximum absolute atomic E-state index is 13.8. The number of fused-ring (bicyclic) bond motifs is 1. The van der Waals surface area contributed by atoms with Crippen LogP contribution in [0.25, 0.3) is 10.9 Å². The van der Waals surface area contributed by atoms with Crippen molar-refractivity contribution in [2.24, 2.45) is 23.3 Å². The fourth-order valence-electron chi connectivity index (χ4n) is 5.73. The molecule has 0 aliphatic carbocycles. The Morgan fingerprint density at radius 1 is 0.679 bits per heavy atom. The van der Waals surface area contributed by atoms with E-state index in [4.69, 9.17) is 11.5 Å². The quantitative estimate of drug-likeness (QED) is 0.0537. The third kappa shape index (κ3) is 13.9. The maximum Gasteiger partial charge on any atom is 0.326 e. The number of aliphatic hydroxyl groups is 2. The summed E-state index contributed by atoms with van der Waals surface area (Å²) < 4.78 is 0. The summed E-state index contributed by atoms with van der Waals surface area (Å²) in [6, 6.07) is -1.96. The van der Waals surface area contributed by atoms with E-state index in [9.17, 15) is 48.9 Å².